The van der Waals surface area contributed by atoms with Crippen LogP contribution in [-0.2, 0) is 0 Å². The van der Waals surface area contributed by atoms with Gasteiger partial charge in [0.25, 0.3) is 0 Å². The molecule has 4 rings (SSSR count). The van der Waals surface area contributed by atoms with Crippen LogP contribution >= 0.6 is 11.3 Å². The van der Waals surface area contributed by atoms with E-state index in [-0.39, 0.29) is 0 Å². The number of hydrogen-bond donors (Lipinski definition) is 0. The average molecular weight is 380 g/mol. The van der Waals surface area contributed by atoms with E-state index >= 15 is 0 Å². The Morgan fingerprint density at radius 1 is 1.00 bits per heavy atom. The topological polar surface area (TPSA) is 38.2 Å². The van der Waals surface area contributed by atoms with Gasteiger partial charge in [0.05, 0.1) is 12.8 Å². The Labute approximate surface area is 164 Å². The summed E-state index contributed by atoms with van der Waals surface area (Å²) in [6, 6.07) is 12.3. The highest BCUT2D eigenvalue weighted by Gasteiger charge is 2.14. The Hall–Kier alpha value is -2.40. The van der Waals surface area contributed by atoms with E-state index in [0.29, 0.717) is 0 Å². The summed E-state index contributed by atoms with van der Waals surface area (Å²) in [6.07, 6.45) is 8.43. The van der Waals surface area contributed by atoms with Crippen molar-refractivity contribution in [2.75, 3.05) is 25.1 Å². The molecule has 3 aromatic rings. The summed E-state index contributed by atoms with van der Waals surface area (Å²) in [6.45, 7) is 2.20. The first-order valence-electron chi connectivity index (χ1n) is 9.65. The van der Waals surface area contributed by atoms with Gasteiger partial charge in [-0.15, -0.1) is 11.3 Å². The third-order valence-corrected chi connectivity index (χ3v) is 5.95. The van der Waals surface area contributed by atoms with Crippen LogP contribution in [0.3, 0.4) is 0 Å². The average Bonchev–Trinajstić information content (AvgIpc) is 3.18. The van der Waals surface area contributed by atoms with E-state index in [9.17, 15) is 0 Å². The summed E-state index contributed by atoms with van der Waals surface area (Å²) in [5, 5.41) is 3.12. The lowest BCUT2D eigenvalue weighted by molar-refractivity contribution is 0.416. The smallest absolute Gasteiger partial charge is 0.129 e. The molecule has 1 fully saturated rings. The SMILES string of the molecule is COc1ccccc1-c1csc(-c2ccnc(N3CCCCCCC3)c2)n1. The second-order valence-corrected chi connectivity index (χ2v) is 7.75. The van der Waals surface area contributed by atoms with Gasteiger partial charge in [0.2, 0.25) is 0 Å². The molecule has 1 saturated heterocycles. The molecule has 4 nitrogen and oxygen atoms in total. The summed E-state index contributed by atoms with van der Waals surface area (Å²) in [5.41, 5.74) is 3.12. The maximum absolute atomic E-state index is 5.48. The van der Waals surface area contributed by atoms with Crippen molar-refractivity contribution in [3.63, 3.8) is 0 Å². The van der Waals surface area contributed by atoms with Gasteiger partial charge in [-0.05, 0) is 37.1 Å². The number of benzene rings is 1. The molecule has 5 heteroatoms. The van der Waals surface area contributed by atoms with Crippen LogP contribution in [0.25, 0.3) is 21.8 Å². The fourth-order valence-electron chi connectivity index (χ4n) is 3.59. The van der Waals surface area contributed by atoms with Crippen LogP contribution in [0.1, 0.15) is 32.1 Å². The van der Waals surface area contributed by atoms with E-state index in [0.717, 1.165) is 46.5 Å². The first kappa shape index (κ1) is 18.0. The van der Waals surface area contributed by atoms with Crippen LogP contribution in [0.15, 0.2) is 48.0 Å². The van der Waals surface area contributed by atoms with Crippen molar-refractivity contribution in [3.8, 4) is 27.6 Å². The standard InChI is InChI=1S/C22H25N3OS/c1-26-20-10-6-5-9-18(20)19-16-27-22(24-19)17-11-12-23-21(15-17)25-13-7-3-2-4-8-14-25/h5-6,9-12,15-16H,2-4,7-8,13-14H2,1H3. The molecule has 0 spiro atoms. The summed E-state index contributed by atoms with van der Waals surface area (Å²) in [4.78, 5) is 11.9. The van der Waals surface area contributed by atoms with Crippen LogP contribution < -0.4 is 9.64 Å². The highest BCUT2D eigenvalue weighted by atomic mass is 32.1. The number of rotatable bonds is 4. The molecular weight excluding hydrogens is 354 g/mol. The third-order valence-electron chi connectivity index (χ3n) is 5.06. The van der Waals surface area contributed by atoms with Crippen molar-refractivity contribution in [2.45, 2.75) is 32.1 Å². The molecule has 0 unspecified atom stereocenters. The first-order valence-corrected chi connectivity index (χ1v) is 10.5. The van der Waals surface area contributed by atoms with Gasteiger partial charge < -0.3 is 9.64 Å². The van der Waals surface area contributed by atoms with Crippen molar-refractivity contribution in [3.05, 3.63) is 48.0 Å². The molecule has 0 amide bonds. The second kappa shape index (κ2) is 8.53. The van der Waals surface area contributed by atoms with Crippen molar-refractivity contribution >= 4 is 17.2 Å². The number of aromatic nitrogens is 2. The predicted molar refractivity (Wildman–Crippen MR) is 113 cm³/mol. The van der Waals surface area contributed by atoms with Crippen LogP contribution in [0.2, 0.25) is 0 Å². The van der Waals surface area contributed by atoms with Crippen molar-refractivity contribution in [1.29, 1.82) is 0 Å². The zero-order valence-corrected chi connectivity index (χ0v) is 16.5. The van der Waals surface area contributed by atoms with Crippen LogP contribution in [0, 0.1) is 0 Å². The van der Waals surface area contributed by atoms with E-state index in [4.69, 9.17) is 9.72 Å². The van der Waals surface area contributed by atoms with Gasteiger partial charge in [0.1, 0.15) is 16.6 Å². The fourth-order valence-corrected chi connectivity index (χ4v) is 4.40. The lowest BCUT2D eigenvalue weighted by atomic mass is 10.1. The molecule has 0 radical (unpaired) electrons. The van der Waals surface area contributed by atoms with Gasteiger partial charge in [0, 0.05) is 35.8 Å². The Kier molecular flexibility index (Phi) is 5.68. The quantitative estimate of drug-likeness (QED) is 0.587. The van der Waals surface area contributed by atoms with E-state index in [1.54, 1.807) is 18.4 Å². The normalized spacial score (nSPS) is 15.2. The Balaban J connectivity index is 1.60. The lowest BCUT2D eigenvalue weighted by Gasteiger charge is -2.26. The molecule has 3 heterocycles. The van der Waals surface area contributed by atoms with Crippen molar-refractivity contribution in [2.24, 2.45) is 0 Å². The molecule has 0 bridgehead atoms. The zero-order valence-electron chi connectivity index (χ0n) is 15.7. The minimum Gasteiger partial charge on any atom is -0.496 e. The van der Waals surface area contributed by atoms with Gasteiger partial charge in [0.15, 0.2) is 0 Å². The minimum absolute atomic E-state index is 0.852. The number of pyridine rings is 1. The second-order valence-electron chi connectivity index (χ2n) is 6.90. The number of thiazole rings is 1. The molecule has 1 aliphatic rings. The summed E-state index contributed by atoms with van der Waals surface area (Å²) in [7, 11) is 1.70. The van der Waals surface area contributed by atoms with Crippen molar-refractivity contribution < 1.29 is 4.74 Å². The van der Waals surface area contributed by atoms with Crippen LogP contribution in [0.5, 0.6) is 5.75 Å². The molecule has 1 aliphatic heterocycles. The molecule has 140 valence electrons. The van der Waals surface area contributed by atoms with Crippen LogP contribution in [-0.4, -0.2) is 30.2 Å². The number of nitrogens with zero attached hydrogens (tertiary/aromatic N) is 3. The molecule has 0 saturated carbocycles. The van der Waals surface area contributed by atoms with E-state index in [1.807, 2.05) is 24.4 Å². The van der Waals surface area contributed by atoms with E-state index < -0.39 is 0 Å². The van der Waals surface area contributed by atoms with E-state index in [1.165, 1.54) is 32.1 Å². The third kappa shape index (κ3) is 4.14. The van der Waals surface area contributed by atoms with E-state index in [2.05, 4.69) is 33.5 Å². The predicted octanol–water partition coefficient (Wildman–Crippen LogP) is 5.65. The largest absolute Gasteiger partial charge is 0.496 e. The highest BCUT2D eigenvalue weighted by molar-refractivity contribution is 7.13. The summed E-state index contributed by atoms with van der Waals surface area (Å²) >= 11 is 1.67. The maximum atomic E-state index is 5.48. The number of hydrogen-bond acceptors (Lipinski definition) is 5. The summed E-state index contributed by atoms with van der Waals surface area (Å²) in [5.74, 6) is 1.92. The molecular formula is C22H25N3OS. The molecule has 0 N–H and O–H groups in total. The van der Waals surface area contributed by atoms with Gasteiger partial charge >= 0.3 is 0 Å². The van der Waals surface area contributed by atoms with Crippen LogP contribution in [0.4, 0.5) is 5.82 Å². The molecule has 1 aromatic carbocycles. The Bertz CT molecular complexity index is 885. The monoisotopic (exact) mass is 379 g/mol. The Morgan fingerprint density at radius 2 is 1.78 bits per heavy atom. The zero-order chi connectivity index (χ0) is 18.5. The molecule has 0 atom stereocenters. The Morgan fingerprint density at radius 3 is 2.59 bits per heavy atom. The molecule has 0 aliphatic carbocycles. The van der Waals surface area contributed by atoms with Gasteiger partial charge in [-0.1, -0.05) is 31.4 Å². The summed E-state index contributed by atoms with van der Waals surface area (Å²) < 4.78 is 5.48. The molecule has 2 aromatic heterocycles. The highest BCUT2D eigenvalue weighted by Crippen LogP contribution is 2.34. The number of ether oxygens (including phenoxy) is 1. The maximum Gasteiger partial charge on any atom is 0.129 e. The fraction of sp³-hybridized carbons (Fsp3) is 0.364. The lowest BCUT2D eigenvalue weighted by Crippen LogP contribution is -2.27. The minimum atomic E-state index is 0.852. The van der Waals surface area contributed by atoms with Crippen molar-refractivity contribution in [1.82, 2.24) is 9.97 Å². The number of methoxy groups -OCH3 is 1. The number of para-hydroxylation sites is 1. The van der Waals surface area contributed by atoms with Gasteiger partial charge in [-0.3, -0.25) is 0 Å². The van der Waals surface area contributed by atoms with Gasteiger partial charge in [-0.25, -0.2) is 9.97 Å². The first-order chi connectivity index (χ1) is 13.3. The molecule has 27 heavy (non-hydrogen) atoms. The number of anilines is 1. The van der Waals surface area contributed by atoms with Gasteiger partial charge in [-0.2, -0.15) is 0 Å².